The first-order chi connectivity index (χ1) is 15.5. The van der Waals surface area contributed by atoms with Gasteiger partial charge in [-0.2, -0.15) is 0 Å². The molecule has 2 aromatic carbocycles. The lowest BCUT2D eigenvalue weighted by atomic mass is 10.00. The summed E-state index contributed by atoms with van der Waals surface area (Å²) in [4.78, 5) is 35.9. The van der Waals surface area contributed by atoms with Crippen LogP contribution in [0.25, 0.3) is 11.1 Å². The van der Waals surface area contributed by atoms with Gasteiger partial charge in [-0.1, -0.05) is 37.9 Å². The summed E-state index contributed by atoms with van der Waals surface area (Å²) >= 11 is 0. The van der Waals surface area contributed by atoms with Gasteiger partial charge in [-0.15, -0.1) is 0 Å². The standard InChI is InChI=1S/C27H26O6/c1-15(2)25(28)31-22-10-19-8-7-18(9-20(19)11-22)21-12-23(32-26(29)16(3)4)14-24(13-21)33-27(30)17(5)6/h7-9,12-14,22H,1,3,5,10-11H2,2,4,6H3. The number of benzene rings is 2. The van der Waals surface area contributed by atoms with Gasteiger partial charge in [0.1, 0.15) is 17.6 Å². The van der Waals surface area contributed by atoms with Crippen LogP contribution in [0.5, 0.6) is 11.5 Å². The molecule has 6 nitrogen and oxygen atoms in total. The van der Waals surface area contributed by atoms with Crippen molar-refractivity contribution in [1.82, 2.24) is 0 Å². The predicted molar refractivity (Wildman–Crippen MR) is 125 cm³/mol. The molecule has 0 aromatic heterocycles. The van der Waals surface area contributed by atoms with Gasteiger partial charge in [-0.3, -0.25) is 0 Å². The maximum atomic E-state index is 12.0. The highest BCUT2D eigenvalue weighted by Crippen LogP contribution is 2.34. The molecule has 170 valence electrons. The summed E-state index contributed by atoms with van der Waals surface area (Å²) in [6.45, 7) is 15.5. The van der Waals surface area contributed by atoms with Crippen LogP contribution in [0.2, 0.25) is 0 Å². The summed E-state index contributed by atoms with van der Waals surface area (Å²) in [5.41, 5.74) is 4.53. The van der Waals surface area contributed by atoms with Gasteiger partial charge in [0.25, 0.3) is 0 Å². The minimum Gasteiger partial charge on any atom is -0.458 e. The fourth-order valence-corrected chi connectivity index (χ4v) is 3.34. The zero-order valence-electron chi connectivity index (χ0n) is 19.0. The fourth-order valence-electron chi connectivity index (χ4n) is 3.34. The van der Waals surface area contributed by atoms with Crippen LogP contribution < -0.4 is 9.47 Å². The van der Waals surface area contributed by atoms with Gasteiger partial charge in [0.05, 0.1) is 0 Å². The van der Waals surface area contributed by atoms with E-state index in [9.17, 15) is 14.4 Å². The van der Waals surface area contributed by atoms with Crippen molar-refractivity contribution in [2.45, 2.75) is 39.7 Å². The van der Waals surface area contributed by atoms with Crippen LogP contribution in [0.1, 0.15) is 31.9 Å². The van der Waals surface area contributed by atoms with E-state index in [1.165, 1.54) is 6.07 Å². The van der Waals surface area contributed by atoms with E-state index in [0.717, 1.165) is 16.7 Å². The van der Waals surface area contributed by atoms with Gasteiger partial charge in [0.15, 0.2) is 0 Å². The number of fused-ring (bicyclic) bond motifs is 1. The number of esters is 3. The molecular weight excluding hydrogens is 420 g/mol. The minimum atomic E-state index is -0.583. The Labute approximate surface area is 193 Å². The van der Waals surface area contributed by atoms with Crippen molar-refractivity contribution < 1.29 is 28.6 Å². The van der Waals surface area contributed by atoms with Crippen LogP contribution >= 0.6 is 0 Å². The zero-order valence-corrected chi connectivity index (χ0v) is 19.0. The summed E-state index contributed by atoms with van der Waals surface area (Å²) in [5, 5.41) is 0. The summed E-state index contributed by atoms with van der Waals surface area (Å²) < 4.78 is 16.3. The molecule has 3 rings (SSSR count). The Morgan fingerprint density at radius 3 is 1.73 bits per heavy atom. The molecule has 2 aromatic rings. The average Bonchev–Trinajstić information content (AvgIpc) is 3.14. The lowest BCUT2D eigenvalue weighted by Crippen LogP contribution is -2.18. The molecule has 0 aliphatic heterocycles. The molecule has 1 atom stereocenters. The maximum absolute atomic E-state index is 12.0. The second-order valence-corrected chi connectivity index (χ2v) is 8.23. The number of carbonyl (C=O) groups is 3. The number of rotatable bonds is 7. The van der Waals surface area contributed by atoms with E-state index in [1.807, 2.05) is 18.2 Å². The minimum absolute atomic E-state index is 0.221. The van der Waals surface area contributed by atoms with E-state index in [-0.39, 0.29) is 28.7 Å². The Morgan fingerprint density at radius 2 is 1.21 bits per heavy atom. The first-order valence-electron chi connectivity index (χ1n) is 10.4. The zero-order chi connectivity index (χ0) is 24.3. The third-order valence-corrected chi connectivity index (χ3v) is 5.05. The van der Waals surface area contributed by atoms with E-state index < -0.39 is 17.9 Å². The van der Waals surface area contributed by atoms with Crippen molar-refractivity contribution >= 4 is 17.9 Å². The third kappa shape index (κ3) is 5.86. The molecule has 33 heavy (non-hydrogen) atoms. The smallest absolute Gasteiger partial charge is 0.338 e. The Hall–Kier alpha value is -3.93. The van der Waals surface area contributed by atoms with E-state index >= 15 is 0 Å². The largest absolute Gasteiger partial charge is 0.458 e. The quantitative estimate of drug-likeness (QED) is 0.342. The Balaban J connectivity index is 1.92. The fraction of sp³-hybridized carbons (Fsp3) is 0.222. The van der Waals surface area contributed by atoms with Gasteiger partial charge < -0.3 is 14.2 Å². The van der Waals surface area contributed by atoms with Crippen molar-refractivity contribution in [3.05, 3.63) is 84.0 Å². The molecule has 0 heterocycles. The van der Waals surface area contributed by atoms with Crippen LogP contribution in [0.4, 0.5) is 0 Å². The van der Waals surface area contributed by atoms with Crippen molar-refractivity contribution in [2.75, 3.05) is 0 Å². The van der Waals surface area contributed by atoms with E-state index in [1.54, 1.807) is 32.9 Å². The highest BCUT2D eigenvalue weighted by molar-refractivity contribution is 5.90. The Morgan fingerprint density at radius 1 is 0.697 bits per heavy atom. The van der Waals surface area contributed by atoms with Crippen LogP contribution in [0.3, 0.4) is 0 Å². The van der Waals surface area contributed by atoms with Crippen molar-refractivity contribution in [3.63, 3.8) is 0 Å². The highest BCUT2D eigenvalue weighted by atomic mass is 16.5. The Bertz CT molecular complexity index is 1140. The van der Waals surface area contributed by atoms with Gasteiger partial charge in [0, 0.05) is 35.6 Å². The highest BCUT2D eigenvalue weighted by Gasteiger charge is 2.25. The first-order valence-corrected chi connectivity index (χ1v) is 10.4. The monoisotopic (exact) mass is 446 g/mol. The van der Waals surface area contributed by atoms with Crippen LogP contribution in [0, 0.1) is 0 Å². The molecular formula is C27H26O6. The summed E-state index contributed by atoms with van der Waals surface area (Å²) in [5.74, 6) is -1.12. The van der Waals surface area contributed by atoms with Crippen LogP contribution in [-0.4, -0.2) is 24.0 Å². The first kappa shape index (κ1) is 23.7. The second kappa shape index (κ2) is 9.69. The predicted octanol–water partition coefficient (Wildman–Crippen LogP) is 4.90. The molecule has 0 N–H and O–H groups in total. The van der Waals surface area contributed by atoms with Gasteiger partial charge in [-0.05, 0) is 55.2 Å². The molecule has 0 radical (unpaired) electrons. The lowest BCUT2D eigenvalue weighted by Gasteiger charge is -2.12. The molecule has 1 unspecified atom stereocenters. The molecule has 0 saturated carbocycles. The molecule has 6 heteroatoms. The lowest BCUT2D eigenvalue weighted by molar-refractivity contribution is -0.143. The van der Waals surface area contributed by atoms with E-state index in [4.69, 9.17) is 14.2 Å². The van der Waals surface area contributed by atoms with Gasteiger partial charge in [-0.25, -0.2) is 14.4 Å². The average molecular weight is 446 g/mol. The molecule has 0 spiro atoms. The molecule has 0 fully saturated rings. The Kier molecular flexibility index (Phi) is 6.97. The van der Waals surface area contributed by atoms with Crippen LogP contribution in [-0.2, 0) is 32.0 Å². The molecule has 0 amide bonds. The van der Waals surface area contributed by atoms with E-state index in [0.29, 0.717) is 24.0 Å². The van der Waals surface area contributed by atoms with Gasteiger partial charge >= 0.3 is 17.9 Å². The van der Waals surface area contributed by atoms with Crippen molar-refractivity contribution in [1.29, 1.82) is 0 Å². The number of hydrogen-bond acceptors (Lipinski definition) is 6. The van der Waals surface area contributed by atoms with E-state index in [2.05, 4.69) is 19.7 Å². The number of hydrogen-bond donors (Lipinski definition) is 0. The van der Waals surface area contributed by atoms with Crippen LogP contribution in [0.15, 0.2) is 72.9 Å². The topological polar surface area (TPSA) is 78.9 Å². The number of ether oxygens (including phenoxy) is 3. The van der Waals surface area contributed by atoms with Gasteiger partial charge in [0.2, 0.25) is 0 Å². The third-order valence-electron chi connectivity index (χ3n) is 5.05. The SMILES string of the molecule is C=C(C)C(=O)Oc1cc(OC(=O)C(=C)C)cc(-c2ccc3c(c2)CC(OC(=O)C(=C)C)C3)c1. The summed E-state index contributed by atoms with van der Waals surface area (Å²) in [6, 6.07) is 10.7. The molecule has 0 bridgehead atoms. The number of carbonyl (C=O) groups excluding carboxylic acids is 3. The molecule has 1 aliphatic rings. The maximum Gasteiger partial charge on any atom is 0.338 e. The molecule has 1 aliphatic carbocycles. The van der Waals surface area contributed by atoms with Crippen molar-refractivity contribution in [2.24, 2.45) is 0 Å². The summed E-state index contributed by atoms with van der Waals surface area (Å²) in [7, 11) is 0. The normalized spacial score (nSPS) is 14.1. The molecule has 0 saturated heterocycles. The second-order valence-electron chi connectivity index (χ2n) is 8.23. The summed E-state index contributed by atoms with van der Waals surface area (Å²) in [6.07, 6.45) is 0.977. The van der Waals surface area contributed by atoms with Crippen molar-refractivity contribution in [3.8, 4) is 22.6 Å².